The summed E-state index contributed by atoms with van der Waals surface area (Å²) < 4.78 is 0. The van der Waals surface area contributed by atoms with E-state index >= 15 is 0 Å². The van der Waals surface area contributed by atoms with Gasteiger partial charge in [-0.25, -0.2) is 0 Å². The molecule has 2 aliphatic heterocycles. The van der Waals surface area contributed by atoms with Crippen molar-refractivity contribution in [1.82, 2.24) is 9.80 Å². The number of carbonyl (C=O) groups excluding carboxylic acids is 4. The van der Waals surface area contributed by atoms with E-state index in [0.717, 1.165) is 68.9 Å². The van der Waals surface area contributed by atoms with Gasteiger partial charge in [0.15, 0.2) is 0 Å². The van der Waals surface area contributed by atoms with Crippen molar-refractivity contribution < 1.29 is 19.2 Å². The first-order valence-corrected chi connectivity index (χ1v) is 15.8. The molecule has 2 bridgehead atoms. The van der Waals surface area contributed by atoms with E-state index in [1.54, 1.807) is 9.80 Å². The second-order valence-corrected chi connectivity index (χ2v) is 13.4. The molecule has 7 atom stereocenters. The van der Waals surface area contributed by atoms with E-state index in [1.807, 2.05) is 18.2 Å². The molecule has 1 aromatic rings. The summed E-state index contributed by atoms with van der Waals surface area (Å²) in [6.45, 7) is 0. The van der Waals surface area contributed by atoms with Crippen molar-refractivity contribution in [3.63, 3.8) is 0 Å². The summed E-state index contributed by atoms with van der Waals surface area (Å²) in [4.78, 5) is 59.8. The predicted octanol–water partition coefficient (Wildman–Crippen LogP) is 5.14. The number of hydrogen-bond donors (Lipinski definition) is 0. The maximum Gasteiger partial charge on any atom is 0.234 e. The highest BCUT2D eigenvalue weighted by Gasteiger charge is 2.67. The van der Waals surface area contributed by atoms with Gasteiger partial charge in [0, 0.05) is 23.9 Å². The highest BCUT2D eigenvalue weighted by atomic mass is 16.2. The van der Waals surface area contributed by atoms with Crippen LogP contribution in [-0.4, -0.2) is 45.5 Å². The van der Waals surface area contributed by atoms with Gasteiger partial charge in [-0.2, -0.15) is 0 Å². The smallest absolute Gasteiger partial charge is 0.234 e. The van der Waals surface area contributed by atoms with E-state index in [9.17, 15) is 19.2 Å². The van der Waals surface area contributed by atoms with Crippen LogP contribution in [0, 0.1) is 41.4 Å². The zero-order valence-corrected chi connectivity index (χ0v) is 23.0. The number of nitrogens with zero attached hydrogens (tertiary/aromatic N) is 2. The first kappa shape index (κ1) is 24.8. The third kappa shape index (κ3) is 3.34. The van der Waals surface area contributed by atoms with Crippen molar-refractivity contribution in [2.45, 2.75) is 82.7 Å². The molecule has 9 rings (SSSR count). The monoisotopic (exact) mass is 538 g/mol. The summed E-state index contributed by atoms with van der Waals surface area (Å²) in [7, 11) is 0. The molecule has 0 radical (unpaired) electrons. The number of imide groups is 2. The molecule has 40 heavy (non-hydrogen) atoms. The fraction of sp³-hybridized carbons (Fsp3) is 0.588. The number of hydrogen-bond acceptors (Lipinski definition) is 4. The normalized spacial score (nSPS) is 37.9. The summed E-state index contributed by atoms with van der Waals surface area (Å²) in [6, 6.07) is 10.2. The third-order valence-corrected chi connectivity index (χ3v) is 11.6. The van der Waals surface area contributed by atoms with Gasteiger partial charge in [-0.1, -0.05) is 86.6 Å². The van der Waals surface area contributed by atoms with Crippen molar-refractivity contribution >= 4 is 29.2 Å². The second kappa shape index (κ2) is 9.25. The fourth-order valence-corrected chi connectivity index (χ4v) is 9.96. The molecule has 3 saturated carbocycles. The average molecular weight is 539 g/mol. The van der Waals surface area contributed by atoms with Crippen molar-refractivity contribution in [3.8, 4) is 0 Å². The lowest BCUT2D eigenvalue weighted by atomic mass is 9.49. The van der Waals surface area contributed by atoms with Gasteiger partial charge < -0.3 is 0 Å². The molecule has 4 amide bonds. The molecule has 8 aliphatic rings. The van der Waals surface area contributed by atoms with Crippen LogP contribution in [0.1, 0.15) is 76.2 Å². The Balaban J connectivity index is 1.24. The minimum Gasteiger partial charge on any atom is -0.279 e. The maximum absolute atomic E-state index is 14.3. The molecule has 1 aromatic carbocycles. The number of likely N-dealkylation sites (tertiary alicyclic amines) is 2. The Hall–Kier alpha value is -3.02. The summed E-state index contributed by atoms with van der Waals surface area (Å²) in [5, 5.41) is 0. The first-order chi connectivity index (χ1) is 19.6. The van der Waals surface area contributed by atoms with Crippen LogP contribution in [0.4, 0.5) is 0 Å². The number of rotatable bonds is 3. The zero-order valence-electron chi connectivity index (χ0n) is 23.0. The second-order valence-electron chi connectivity index (χ2n) is 13.4. The third-order valence-electron chi connectivity index (χ3n) is 11.6. The zero-order chi connectivity index (χ0) is 27.1. The Kier molecular flexibility index (Phi) is 5.72. The molecule has 208 valence electrons. The molecule has 2 heterocycles. The molecule has 0 spiro atoms. The maximum atomic E-state index is 14.3. The average Bonchev–Trinajstić information content (AvgIpc) is 3.43. The molecule has 0 N–H and O–H groups in total. The van der Waals surface area contributed by atoms with Crippen LogP contribution in [0.3, 0.4) is 0 Å². The highest BCUT2D eigenvalue weighted by Crippen LogP contribution is 2.63. The van der Waals surface area contributed by atoms with E-state index in [-0.39, 0.29) is 65.3 Å². The number of benzene rings is 1. The molecule has 0 aromatic heterocycles. The Morgan fingerprint density at radius 1 is 0.575 bits per heavy atom. The minimum absolute atomic E-state index is 0.000563. The van der Waals surface area contributed by atoms with Crippen molar-refractivity contribution in [3.05, 3.63) is 53.6 Å². The Morgan fingerprint density at radius 3 is 1.80 bits per heavy atom. The van der Waals surface area contributed by atoms with Crippen LogP contribution in [0.25, 0.3) is 5.57 Å². The summed E-state index contributed by atoms with van der Waals surface area (Å²) >= 11 is 0. The van der Waals surface area contributed by atoms with Gasteiger partial charge >= 0.3 is 0 Å². The number of carbonyl (C=O) groups is 4. The molecule has 5 fully saturated rings. The number of allylic oxidation sites excluding steroid dienone is 4. The minimum atomic E-state index is -0.429. The van der Waals surface area contributed by atoms with Crippen LogP contribution in [0.5, 0.6) is 0 Å². The SMILES string of the molecule is O=C1[C@@H]2[C@H]3C=C[C@H](C4=C(c5ccccc5)C[C@H]5C(=O)N(C6CCCCC6)C(=O)[C@@H]5[C@@H]43)[C@H]2C(=O)N1C1CCCCC1. The molecule has 2 saturated heterocycles. The van der Waals surface area contributed by atoms with Gasteiger partial charge in [-0.05, 0) is 49.2 Å². The molecular weight excluding hydrogens is 500 g/mol. The lowest BCUT2D eigenvalue weighted by Crippen LogP contribution is -2.51. The van der Waals surface area contributed by atoms with Gasteiger partial charge in [0.2, 0.25) is 23.6 Å². The fourth-order valence-electron chi connectivity index (χ4n) is 9.96. The molecule has 6 heteroatoms. The topological polar surface area (TPSA) is 74.8 Å². The Morgan fingerprint density at radius 2 is 1.15 bits per heavy atom. The molecule has 6 nitrogen and oxygen atoms in total. The van der Waals surface area contributed by atoms with Gasteiger partial charge in [0.1, 0.15) is 0 Å². The Bertz CT molecular complexity index is 1330. The molecule has 0 unspecified atom stereocenters. The van der Waals surface area contributed by atoms with E-state index in [0.29, 0.717) is 6.42 Å². The summed E-state index contributed by atoms with van der Waals surface area (Å²) in [5.74, 6) is -2.26. The van der Waals surface area contributed by atoms with Gasteiger partial charge in [0.05, 0.1) is 23.7 Å². The van der Waals surface area contributed by atoms with Gasteiger partial charge in [0.25, 0.3) is 0 Å². The predicted molar refractivity (Wildman–Crippen MR) is 149 cm³/mol. The standard InChI is InChI=1S/C34H38N2O4/c37-31-25-18-24(19-10-4-1-5-11-19)26-22-16-17-23(27(26)30(25)34(40)35(31)20-12-6-2-7-13-20)29-28(22)32(38)36(33(29)39)21-14-8-3-9-15-21/h1,4-5,10-11,16-17,20-23,25,27-30H,2-3,6-9,12-15,18H2/t22-,23+,25-,27-,28-,29-,30+/m1/s1. The van der Waals surface area contributed by atoms with Crippen LogP contribution in [0.15, 0.2) is 48.1 Å². The van der Waals surface area contributed by atoms with Crippen molar-refractivity contribution in [1.29, 1.82) is 0 Å². The van der Waals surface area contributed by atoms with Crippen LogP contribution in [-0.2, 0) is 19.2 Å². The van der Waals surface area contributed by atoms with E-state index < -0.39 is 11.8 Å². The molecular formula is C34H38N2O4. The lowest BCUT2D eigenvalue weighted by Gasteiger charge is -2.51. The molecule has 6 aliphatic carbocycles. The van der Waals surface area contributed by atoms with Gasteiger partial charge in [-0.3, -0.25) is 29.0 Å². The lowest BCUT2D eigenvalue weighted by molar-refractivity contribution is -0.145. The summed E-state index contributed by atoms with van der Waals surface area (Å²) in [6.07, 6.45) is 15.0. The van der Waals surface area contributed by atoms with E-state index in [1.165, 1.54) is 12.0 Å². The first-order valence-electron chi connectivity index (χ1n) is 15.8. The number of fused-ring (bicyclic) bond motifs is 1. The van der Waals surface area contributed by atoms with Crippen LogP contribution in [0.2, 0.25) is 0 Å². The quantitative estimate of drug-likeness (QED) is 0.394. The van der Waals surface area contributed by atoms with E-state index in [4.69, 9.17) is 0 Å². The van der Waals surface area contributed by atoms with Crippen molar-refractivity contribution in [2.24, 2.45) is 41.4 Å². The van der Waals surface area contributed by atoms with Crippen LogP contribution < -0.4 is 0 Å². The highest BCUT2D eigenvalue weighted by molar-refractivity contribution is 6.09. The largest absolute Gasteiger partial charge is 0.279 e. The van der Waals surface area contributed by atoms with E-state index in [2.05, 4.69) is 24.3 Å². The Labute approximate surface area is 235 Å². The van der Waals surface area contributed by atoms with Gasteiger partial charge in [-0.15, -0.1) is 0 Å². The summed E-state index contributed by atoms with van der Waals surface area (Å²) in [5.41, 5.74) is 3.38. The van der Waals surface area contributed by atoms with Crippen molar-refractivity contribution in [2.75, 3.05) is 0 Å². The number of amides is 4. The van der Waals surface area contributed by atoms with Crippen LogP contribution >= 0.6 is 0 Å².